The molecule has 0 radical (unpaired) electrons. The summed E-state index contributed by atoms with van der Waals surface area (Å²) in [6, 6.07) is 14.8. The highest BCUT2D eigenvalue weighted by Crippen LogP contribution is 2.16. The van der Waals surface area contributed by atoms with E-state index in [0.717, 1.165) is 0 Å². The molecule has 0 aliphatic heterocycles. The van der Waals surface area contributed by atoms with Gasteiger partial charge in [0.15, 0.2) is 6.10 Å². The van der Waals surface area contributed by atoms with Crippen molar-refractivity contribution in [1.82, 2.24) is 4.72 Å². The van der Waals surface area contributed by atoms with Crippen LogP contribution in [-0.2, 0) is 24.3 Å². The first kappa shape index (κ1) is 23.1. The number of esters is 1. The molecule has 1 amide bonds. The van der Waals surface area contributed by atoms with Crippen molar-refractivity contribution in [3.8, 4) is 6.07 Å². The van der Waals surface area contributed by atoms with Gasteiger partial charge >= 0.3 is 5.97 Å². The Morgan fingerprint density at radius 1 is 1.00 bits per heavy atom. The summed E-state index contributed by atoms with van der Waals surface area (Å²) in [7, 11) is -3.95. The van der Waals surface area contributed by atoms with Crippen molar-refractivity contribution in [2.24, 2.45) is 5.92 Å². The fourth-order valence-electron chi connectivity index (χ4n) is 2.52. The molecule has 158 valence electrons. The summed E-state index contributed by atoms with van der Waals surface area (Å²) >= 11 is 0. The fraction of sp³-hybridized carbons (Fsp3) is 0.286. The zero-order valence-corrected chi connectivity index (χ0v) is 17.6. The SMILES string of the molecule is CC(C)[C@H](NS(=O)(=O)c1ccccc1)C(=O)O[C@H](C)C(=O)Nc1ccccc1C#N. The number of para-hydroxylation sites is 1. The van der Waals surface area contributed by atoms with Crippen molar-refractivity contribution in [3.05, 3.63) is 60.2 Å². The summed E-state index contributed by atoms with van der Waals surface area (Å²) in [5, 5.41) is 11.6. The number of amides is 1. The molecule has 0 unspecified atom stereocenters. The van der Waals surface area contributed by atoms with Crippen molar-refractivity contribution in [2.75, 3.05) is 5.32 Å². The molecule has 2 N–H and O–H groups in total. The average Bonchev–Trinajstić information content (AvgIpc) is 2.72. The van der Waals surface area contributed by atoms with Gasteiger partial charge in [0.05, 0.1) is 16.1 Å². The number of carbonyl (C=O) groups is 2. The molecule has 0 aliphatic carbocycles. The molecule has 8 nitrogen and oxygen atoms in total. The van der Waals surface area contributed by atoms with Gasteiger partial charge in [-0.2, -0.15) is 9.98 Å². The Morgan fingerprint density at radius 3 is 2.20 bits per heavy atom. The number of hydrogen-bond acceptors (Lipinski definition) is 6. The number of sulfonamides is 1. The smallest absolute Gasteiger partial charge is 0.325 e. The van der Waals surface area contributed by atoms with E-state index in [4.69, 9.17) is 10.00 Å². The molecule has 0 saturated carbocycles. The number of hydrogen-bond donors (Lipinski definition) is 2. The minimum Gasteiger partial charge on any atom is -0.451 e. The number of nitrogens with zero attached hydrogens (tertiary/aromatic N) is 1. The summed E-state index contributed by atoms with van der Waals surface area (Å²) < 4.78 is 32.7. The minimum absolute atomic E-state index is 0.0161. The third-order valence-electron chi connectivity index (χ3n) is 4.22. The predicted octanol–water partition coefficient (Wildman–Crippen LogP) is 2.43. The third-order valence-corrected chi connectivity index (χ3v) is 5.68. The standard InChI is InChI=1S/C21H23N3O5S/c1-14(2)19(24-30(27,28)17-10-5-4-6-11-17)21(26)29-15(3)20(25)23-18-12-8-7-9-16(18)13-22/h4-12,14-15,19,24H,1-3H3,(H,23,25)/t15-,19+/m1/s1. The van der Waals surface area contributed by atoms with Gasteiger partial charge in [-0.05, 0) is 37.1 Å². The Morgan fingerprint density at radius 2 is 1.60 bits per heavy atom. The van der Waals surface area contributed by atoms with Crippen LogP contribution in [0.3, 0.4) is 0 Å². The molecule has 0 fully saturated rings. The Hall–Kier alpha value is -3.22. The second kappa shape index (κ2) is 10.0. The molecular weight excluding hydrogens is 406 g/mol. The first-order valence-electron chi connectivity index (χ1n) is 9.23. The maximum Gasteiger partial charge on any atom is 0.325 e. The molecule has 0 spiro atoms. The van der Waals surface area contributed by atoms with E-state index in [9.17, 15) is 18.0 Å². The number of ether oxygens (including phenoxy) is 1. The molecule has 2 atom stereocenters. The molecule has 30 heavy (non-hydrogen) atoms. The highest BCUT2D eigenvalue weighted by molar-refractivity contribution is 7.89. The molecule has 0 aromatic heterocycles. The lowest BCUT2D eigenvalue weighted by Gasteiger charge is -2.23. The van der Waals surface area contributed by atoms with Gasteiger partial charge in [0.2, 0.25) is 10.0 Å². The topological polar surface area (TPSA) is 125 Å². The number of benzene rings is 2. The summed E-state index contributed by atoms with van der Waals surface area (Å²) in [5.41, 5.74) is 0.554. The van der Waals surface area contributed by atoms with Gasteiger partial charge < -0.3 is 10.1 Å². The second-order valence-corrected chi connectivity index (χ2v) is 8.60. The third kappa shape index (κ3) is 5.89. The van der Waals surface area contributed by atoms with Crippen LogP contribution in [0.25, 0.3) is 0 Å². The van der Waals surface area contributed by atoms with Gasteiger partial charge in [-0.3, -0.25) is 9.59 Å². The molecule has 0 heterocycles. The first-order valence-corrected chi connectivity index (χ1v) is 10.7. The summed E-state index contributed by atoms with van der Waals surface area (Å²) in [4.78, 5) is 25.0. The van der Waals surface area contributed by atoms with E-state index < -0.39 is 40.0 Å². The monoisotopic (exact) mass is 429 g/mol. The van der Waals surface area contributed by atoms with Gasteiger partial charge in [-0.25, -0.2) is 8.42 Å². The van der Waals surface area contributed by atoms with Crippen molar-refractivity contribution in [2.45, 2.75) is 37.8 Å². The van der Waals surface area contributed by atoms with Crippen LogP contribution in [0.2, 0.25) is 0 Å². The van der Waals surface area contributed by atoms with Gasteiger partial charge in [-0.1, -0.05) is 44.2 Å². The maximum atomic E-state index is 12.6. The fourth-order valence-corrected chi connectivity index (χ4v) is 3.87. The van der Waals surface area contributed by atoms with Crippen molar-refractivity contribution < 1.29 is 22.7 Å². The van der Waals surface area contributed by atoms with E-state index in [2.05, 4.69) is 10.0 Å². The summed E-state index contributed by atoms with van der Waals surface area (Å²) in [5.74, 6) is -1.94. The van der Waals surface area contributed by atoms with Crippen LogP contribution in [0, 0.1) is 17.2 Å². The van der Waals surface area contributed by atoms with Gasteiger partial charge in [-0.15, -0.1) is 0 Å². The van der Waals surface area contributed by atoms with Crippen LogP contribution >= 0.6 is 0 Å². The number of anilines is 1. The predicted molar refractivity (Wildman–Crippen MR) is 111 cm³/mol. The van der Waals surface area contributed by atoms with Crippen molar-refractivity contribution >= 4 is 27.6 Å². The molecule has 2 rings (SSSR count). The minimum atomic E-state index is -3.95. The molecule has 0 aliphatic rings. The zero-order valence-electron chi connectivity index (χ0n) is 16.8. The highest BCUT2D eigenvalue weighted by Gasteiger charge is 2.32. The Bertz CT molecular complexity index is 1050. The van der Waals surface area contributed by atoms with E-state index in [0.29, 0.717) is 0 Å². The Labute approximate surface area is 175 Å². The first-order chi connectivity index (χ1) is 14.2. The number of nitriles is 1. The van der Waals surface area contributed by atoms with Crippen LogP contribution in [0.5, 0.6) is 0 Å². The van der Waals surface area contributed by atoms with E-state index in [-0.39, 0.29) is 16.1 Å². The maximum absolute atomic E-state index is 12.6. The van der Waals surface area contributed by atoms with Gasteiger partial charge in [0.1, 0.15) is 12.1 Å². The number of rotatable bonds is 8. The van der Waals surface area contributed by atoms with Crippen LogP contribution < -0.4 is 10.0 Å². The van der Waals surface area contributed by atoms with E-state index in [1.54, 1.807) is 56.3 Å². The Balaban J connectivity index is 2.09. The van der Waals surface area contributed by atoms with Gasteiger partial charge in [0.25, 0.3) is 5.91 Å². The lowest BCUT2D eigenvalue weighted by atomic mass is 10.1. The molecule has 0 saturated heterocycles. The Kier molecular flexibility index (Phi) is 7.69. The van der Waals surface area contributed by atoms with Crippen LogP contribution in [0.4, 0.5) is 5.69 Å². The largest absolute Gasteiger partial charge is 0.451 e. The molecule has 2 aromatic rings. The van der Waals surface area contributed by atoms with Crippen molar-refractivity contribution in [3.63, 3.8) is 0 Å². The normalized spacial score (nSPS) is 13.2. The molecular formula is C21H23N3O5S. The average molecular weight is 429 g/mol. The second-order valence-electron chi connectivity index (χ2n) is 6.88. The van der Waals surface area contributed by atoms with E-state index >= 15 is 0 Å². The molecule has 0 bridgehead atoms. The van der Waals surface area contributed by atoms with Crippen LogP contribution in [0.15, 0.2) is 59.5 Å². The lowest BCUT2D eigenvalue weighted by molar-refractivity contribution is -0.155. The summed E-state index contributed by atoms with van der Waals surface area (Å²) in [6.45, 7) is 4.69. The highest BCUT2D eigenvalue weighted by atomic mass is 32.2. The van der Waals surface area contributed by atoms with Crippen LogP contribution in [-0.4, -0.2) is 32.4 Å². The van der Waals surface area contributed by atoms with Gasteiger partial charge in [0, 0.05) is 0 Å². The number of nitrogens with one attached hydrogen (secondary N) is 2. The molecule has 2 aromatic carbocycles. The summed E-state index contributed by atoms with van der Waals surface area (Å²) in [6.07, 6.45) is -1.20. The quantitative estimate of drug-likeness (QED) is 0.621. The number of carbonyl (C=O) groups excluding carboxylic acids is 2. The lowest BCUT2D eigenvalue weighted by Crippen LogP contribution is -2.47. The van der Waals surface area contributed by atoms with Crippen molar-refractivity contribution in [1.29, 1.82) is 5.26 Å². The van der Waals surface area contributed by atoms with E-state index in [1.165, 1.54) is 19.1 Å². The van der Waals surface area contributed by atoms with E-state index in [1.807, 2.05) is 6.07 Å². The zero-order chi connectivity index (χ0) is 22.3. The van der Waals surface area contributed by atoms with Crippen LogP contribution in [0.1, 0.15) is 26.3 Å². The molecule has 9 heteroatoms.